The van der Waals surface area contributed by atoms with Crippen molar-refractivity contribution in [3.8, 4) is 11.5 Å². The normalized spacial score (nSPS) is 13.6. The summed E-state index contributed by atoms with van der Waals surface area (Å²) in [5, 5.41) is 13.3. The molecule has 0 amide bonds. The molecule has 3 rings (SSSR count). The third-order valence-corrected chi connectivity index (χ3v) is 3.29. The minimum Gasteiger partial charge on any atom is -0.454 e. The lowest BCUT2D eigenvalue weighted by Crippen LogP contribution is -2.21. The molecule has 0 aromatic heterocycles. The average Bonchev–Trinajstić information content (AvgIpc) is 2.95. The number of aliphatic hydroxyl groups is 1. The van der Waals surface area contributed by atoms with Crippen LogP contribution in [0.5, 0.6) is 11.5 Å². The summed E-state index contributed by atoms with van der Waals surface area (Å²) < 4.78 is 10.6. The zero-order chi connectivity index (χ0) is 13.8. The van der Waals surface area contributed by atoms with E-state index >= 15 is 0 Å². The highest BCUT2D eigenvalue weighted by molar-refractivity contribution is 5.85. The summed E-state index contributed by atoms with van der Waals surface area (Å²) in [4.78, 5) is 0. The molecule has 5 heteroatoms. The molecule has 0 bridgehead atoms. The van der Waals surface area contributed by atoms with Crippen molar-refractivity contribution in [2.45, 2.75) is 12.6 Å². The van der Waals surface area contributed by atoms with Gasteiger partial charge in [-0.05, 0) is 23.3 Å². The van der Waals surface area contributed by atoms with Gasteiger partial charge in [0.2, 0.25) is 6.79 Å². The molecule has 1 aliphatic rings. The summed E-state index contributed by atoms with van der Waals surface area (Å²) in [6.07, 6.45) is -0.495. The van der Waals surface area contributed by atoms with Gasteiger partial charge in [0.05, 0.1) is 6.10 Å². The van der Waals surface area contributed by atoms with Crippen molar-refractivity contribution in [1.29, 1.82) is 0 Å². The molecule has 2 N–H and O–H groups in total. The highest BCUT2D eigenvalue weighted by atomic mass is 35.5. The number of hydrogen-bond donors (Lipinski definition) is 2. The van der Waals surface area contributed by atoms with Gasteiger partial charge in [0, 0.05) is 13.1 Å². The Morgan fingerprint density at radius 1 is 1.05 bits per heavy atom. The maximum absolute atomic E-state index is 10.0. The van der Waals surface area contributed by atoms with Gasteiger partial charge < -0.3 is 19.9 Å². The van der Waals surface area contributed by atoms with Crippen LogP contribution in [-0.2, 0) is 6.54 Å². The van der Waals surface area contributed by atoms with E-state index in [4.69, 9.17) is 9.47 Å². The third-order valence-electron chi connectivity index (χ3n) is 3.29. The van der Waals surface area contributed by atoms with Gasteiger partial charge >= 0.3 is 0 Å². The van der Waals surface area contributed by atoms with Crippen LogP contribution in [0.2, 0.25) is 0 Å². The first kappa shape index (κ1) is 15.6. The van der Waals surface area contributed by atoms with Gasteiger partial charge in [-0.3, -0.25) is 0 Å². The summed E-state index contributed by atoms with van der Waals surface area (Å²) >= 11 is 0. The third kappa shape index (κ3) is 3.88. The molecule has 0 radical (unpaired) electrons. The molecular weight excluding hydrogens is 290 g/mol. The number of halogens is 1. The van der Waals surface area contributed by atoms with Crippen molar-refractivity contribution in [3.05, 3.63) is 59.7 Å². The van der Waals surface area contributed by atoms with E-state index < -0.39 is 6.10 Å². The number of hydrogen-bond acceptors (Lipinski definition) is 4. The molecular formula is C16H18ClNO3. The lowest BCUT2D eigenvalue weighted by molar-refractivity contribution is 0.173. The zero-order valence-electron chi connectivity index (χ0n) is 11.5. The van der Waals surface area contributed by atoms with Crippen LogP contribution >= 0.6 is 12.4 Å². The molecule has 2 aromatic rings. The van der Waals surface area contributed by atoms with Gasteiger partial charge in [-0.2, -0.15) is 0 Å². The van der Waals surface area contributed by atoms with Crippen LogP contribution in [0.15, 0.2) is 48.5 Å². The molecule has 112 valence electrons. The molecule has 21 heavy (non-hydrogen) atoms. The second-order valence-corrected chi connectivity index (χ2v) is 4.74. The number of nitrogens with one attached hydrogen (secondary N) is 1. The van der Waals surface area contributed by atoms with Crippen molar-refractivity contribution >= 4 is 12.4 Å². The Hall–Kier alpha value is -1.75. The molecule has 1 aliphatic heterocycles. The predicted molar refractivity (Wildman–Crippen MR) is 82.9 cm³/mol. The maximum atomic E-state index is 10.0. The number of fused-ring (bicyclic) bond motifs is 1. The molecule has 0 saturated heterocycles. The fourth-order valence-electron chi connectivity index (χ4n) is 2.20. The van der Waals surface area contributed by atoms with E-state index in [2.05, 4.69) is 5.32 Å². The molecule has 4 nitrogen and oxygen atoms in total. The monoisotopic (exact) mass is 307 g/mol. The van der Waals surface area contributed by atoms with Gasteiger partial charge in [-0.15, -0.1) is 12.4 Å². The van der Waals surface area contributed by atoms with E-state index in [-0.39, 0.29) is 12.4 Å². The lowest BCUT2D eigenvalue weighted by Gasteiger charge is -2.12. The number of aliphatic hydroxyl groups excluding tert-OH is 1. The molecule has 1 atom stereocenters. The van der Waals surface area contributed by atoms with E-state index in [0.29, 0.717) is 19.9 Å². The topological polar surface area (TPSA) is 50.7 Å². The maximum Gasteiger partial charge on any atom is 0.231 e. The summed E-state index contributed by atoms with van der Waals surface area (Å²) in [6.45, 7) is 1.48. The second-order valence-electron chi connectivity index (χ2n) is 4.74. The lowest BCUT2D eigenvalue weighted by atomic mass is 10.1. The van der Waals surface area contributed by atoms with E-state index in [1.807, 2.05) is 48.5 Å². The number of ether oxygens (including phenoxy) is 2. The standard InChI is InChI=1S/C16H17NO3.ClH/c18-14(13-4-2-1-3-5-13)10-17-9-12-6-7-15-16(8-12)20-11-19-15;/h1-8,14,17-18H,9-11H2;1H. The van der Waals surface area contributed by atoms with Crippen molar-refractivity contribution in [2.24, 2.45) is 0 Å². The van der Waals surface area contributed by atoms with Gasteiger partial charge in [0.1, 0.15) is 0 Å². The first-order chi connectivity index (χ1) is 9.83. The van der Waals surface area contributed by atoms with E-state index in [1.54, 1.807) is 0 Å². The van der Waals surface area contributed by atoms with Gasteiger partial charge in [0.25, 0.3) is 0 Å². The van der Waals surface area contributed by atoms with Crippen LogP contribution in [0.4, 0.5) is 0 Å². The fraction of sp³-hybridized carbons (Fsp3) is 0.250. The Morgan fingerprint density at radius 2 is 1.81 bits per heavy atom. The van der Waals surface area contributed by atoms with E-state index in [1.165, 1.54) is 0 Å². The van der Waals surface area contributed by atoms with E-state index in [0.717, 1.165) is 22.6 Å². The van der Waals surface area contributed by atoms with Gasteiger partial charge in [0.15, 0.2) is 11.5 Å². The first-order valence-electron chi connectivity index (χ1n) is 6.65. The van der Waals surface area contributed by atoms with Crippen LogP contribution < -0.4 is 14.8 Å². The molecule has 0 saturated carbocycles. The molecule has 0 aliphatic carbocycles. The smallest absolute Gasteiger partial charge is 0.231 e. The molecule has 1 unspecified atom stereocenters. The number of benzene rings is 2. The Kier molecular flexibility index (Phi) is 5.44. The van der Waals surface area contributed by atoms with Crippen molar-refractivity contribution < 1.29 is 14.6 Å². The molecule has 1 heterocycles. The van der Waals surface area contributed by atoms with Crippen LogP contribution in [0.3, 0.4) is 0 Å². The largest absolute Gasteiger partial charge is 0.454 e. The Morgan fingerprint density at radius 3 is 2.62 bits per heavy atom. The van der Waals surface area contributed by atoms with Crippen molar-refractivity contribution in [2.75, 3.05) is 13.3 Å². The summed E-state index contributed by atoms with van der Waals surface area (Å²) in [7, 11) is 0. The summed E-state index contributed by atoms with van der Waals surface area (Å²) in [5.41, 5.74) is 2.03. The highest BCUT2D eigenvalue weighted by Crippen LogP contribution is 2.32. The van der Waals surface area contributed by atoms with Gasteiger partial charge in [-0.1, -0.05) is 36.4 Å². The Labute approximate surface area is 130 Å². The average molecular weight is 308 g/mol. The quantitative estimate of drug-likeness (QED) is 0.891. The molecule has 2 aromatic carbocycles. The van der Waals surface area contributed by atoms with Crippen molar-refractivity contribution in [3.63, 3.8) is 0 Å². The van der Waals surface area contributed by atoms with Crippen LogP contribution in [0, 0.1) is 0 Å². The minimum absolute atomic E-state index is 0. The zero-order valence-corrected chi connectivity index (χ0v) is 12.3. The Bertz CT molecular complexity index is 577. The number of rotatable bonds is 5. The second kappa shape index (κ2) is 7.31. The molecule has 0 fully saturated rings. The van der Waals surface area contributed by atoms with Crippen molar-refractivity contribution in [1.82, 2.24) is 5.32 Å². The summed E-state index contributed by atoms with van der Waals surface area (Å²) in [6, 6.07) is 15.5. The summed E-state index contributed by atoms with van der Waals surface area (Å²) in [5.74, 6) is 1.57. The molecule has 0 spiro atoms. The highest BCUT2D eigenvalue weighted by Gasteiger charge is 2.13. The Balaban J connectivity index is 0.00000161. The minimum atomic E-state index is -0.495. The van der Waals surface area contributed by atoms with E-state index in [9.17, 15) is 5.11 Å². The van der Waals surface area contributed by atoms with Crippen LogP contribution in [-0.4, -0.2) is 18.4 Å². The first-order valence-corrected chi connectivity index (χ1v) is 6.65. The van der Waals surface area contributed by atoms with Crippen LogP contribution in [0.25, 0.3) is 0 Å². The predicted octanol–water partition coefficient (Wildman–Crippen LogP) is 2.66. The fourth-order valence-corrected chi connectivity index (χ4v) is 2.20. The SMILES string of the molecule is Cl.OC(CNCc1ccc2c(c1)OCO2)c1ccccc1. The van der Waals surface area contributed by atoms with Gasteiger partial charge in [-0.25, -0.2) is 0 Å². The van der Waals surface area contributed by atoms with Crippen LogP contribution in [0.1, 0.15) is 17.2 Å².